The minimum atomic E-state index is -0.434. The van der Waals surface area contributed by atoms with Crippen molar-refractivity contribution in [2.45, 2.75) is 115 Å². The molecular weight excluding hydrogens is 831 g/mol. The third-order valence-electron chi connectivity index (χ3n) is 13.4. The molecule has 2 fully saturated rings. The van der Waals surface area contributed by atoms with Crippen LogP contribution in [-0.2, 0) is 62.0 Å². The Hall–Kier alpha value is -3.54. The summed E-state index contributed by atoms with van der Waals surface area (Å²) in [6.07, 6.45) is 8.08. The van der Waals surface area contributed by atoms with E-state index in [1.807, 2.05) is 6.21 Å². The van der Waals surface area contributed by atoms with Gasteiger partial charge in [-0.2, -0.15) is 0 Å². The summed E-state index contributed by atoms with van der Waals surface area (Å²) in [6, 6.07) is 35.0. The van der Waals surface area contributed by atoms with Crippen molar-refractivity contribution in [1.29, 1.82) is 0 Å². The Kier molecular flexibility index (Phi) is 15.1. The summed E-state index contributed by atoms with van der Waals surface area (Å²) in [5.41, 5.74) is 7.45. The molecule has 7 nitrogen and oxygen atoms in total. The van der Waals surface area contributed by atoms with Gasteiger partial charge in [0.1, 0.15) is 42.3 Å². The molecule has 4 aromatic rings. The second-order valence-electron chi connectivity index (χ2n) is 17.6. The van der Waals surface area contributed by atoms with E-state index >= 15 is 0 Å². The summed E-state index contributed by atoms with van der Waals surface area (Å²) >= 11 is 0. The van der Waals surface area contributed by atoms with E-state index in [9.17, 15) is 0 Å². The number of epoxide rings is 2. The molecule has 60 heavy (non-hydrogen) atoms. The zero-order chi connectivity index (χ0) is 41.7. The first kappa shape index (κ1) is 46.0. The largest absolute Gasteiger partial charge is 0.525 e. The number of hydrogen-bond acceptors (Lipinski definition) is 6. The van der Waals surface area contributed by atoms with Crippen LogP contribution in [0, 0.1) is 12.3 Å². The molecule has 320 valence electrons. The van der Waals surface area contributed by atoms with Crippen molar-refractivity contribution in [2.24, 2.45) is 5.92 Å². The van der Waals surface area contributed by atoms with Crippen LogP contribution in [-0.4, -0.2) is 63.8 Å². The number of benzene rings is 4. The second kappa shape index (κ2) is 19.7. The molecule has 0 spiro atoms. The topological polar surface area (TPSA) is 76.1 Å². The Balaban J connectivity index is 0.00000604. The molecule has 4 atom stereocenters. The van der Waals surface area contributed by atoms with Gasteiger partial charge in [0.2, 0.25) is 0 Å². The molecule has 0 amide bonds. The van der Waals surface area contributed by atoms with E-state index in [2.05, 4.69) is 164 Å². The SMILES string of the molecule is CCC(CC)(OC[CH-]COc1ccc(C(C)(C)c2ccc(C(CC)(OCC3CO3)C(C)C3=[N+]=CC3)cc2)cc1)c1ccc(C(C)(C)c2ccc(OCC3CO3)cc2)cc1.[Mo]. The minimum Gasteiger partial charge on any atom is -0.525 e. The maximum atomic E-state index is 6.72. The van der Waals surface area contributed by atoms with Crippen LogP contribution in [0.1, 0.15) is 114 Å². The first-order valence-electron chi connectivity index (χ1n) is 21.8. The van der Waals surface area contributed by atoms with Crippen molar-refractivity contribution in [3.8, 4) is 11.5 Å². The Bertz CT molecular complexity index is 2040. The van der Waals surface area contributed by atoms with E-state index < -0.39 is 5.60 Å². The third-order valence-corrected chi connectivity index (χ3v) is 13.4. The molecule has 0 N–H and O–H groups in total. The van der Waals surface area contributed by atoms with Crippen molar-refractivity contribution in [3.63, 3.8) is 0 Å². The average molecular weight is 896 g/mol. The van der Waals surface area contributed by atoms with Crippen LogP contribution in [0.3, 0.4) is 0 Å². The molecule has 8 heteroatoms. The predicted molar refractivity (Wildman–Crippen MR) is 238 cm³/mol. The van der Waals surface area contributed by atoms with Gasteiger partial charge in [-0.05, 0) is 90.4 Å². The molecule has 3 aliphatic heterocycles. The molecule has 4 unspecified atom stereocenters. The van der Waals surface area contributed by atoms with Gasteiger partial charge in [0, 0.05) is 31.9 Å². The van der Waals surface area contributed by atoms with E-state index in [1.165, 1.54) is 39.1 Å². The number of nitrogens with zero attached hydrogens (tertiary/aromatic N) is 1. The van der Waals surface area contributed by atoms with E-state index in [0.29, 0.717) is 26.4 Å². The van der Waals surface area contributed by atoms with Crippen molar-refractivity contribution in [2.75, 3.05) is 39.6 Å². The second-order valence-corrected chi connectivity index (χ2v) is 17.6. The Morgan fingerprint density at radius 1 is 0.600 bits per heavy atom. The summed E-state index contributed by atoms with van der Waals surface area (Å²) in [5.74, 6) is 1.91. The molecular formula is C52H65MoNO6. The van der Waals surface area contributed by atoms with Gasteiger partial charge in [-0.3, -0.25) is 6.42 Å². The van der Waals surface area contributed by atoms with E-state index in [-0.39, 0.29) is 55.6 Å². The van der Waals surface area contributed by atoms with Crippen LogP contribution < -0.4 is 14.1 Å². The van der Waals surface area contributed by atoms with Crippen molar-refractivity contribution >= 4 is 11.9 Å². The Labute approximate surface area is 373 Å². The number of ether oxygens (including phenoxy) is 6. The monoisotopic (exact) mass is 897 g/mol. The number of rotatable bonds is 23. The molecule has 0 aliphatic carbocycles. The fourth-order valence-electron chi connectivity index (χ4n) is 8.58. The van der Waals surface area contributed by atoms with Gasteiger partial charge >= 0.3 is 0 Å². The van der Waals surface area contributed by atoms with Gasteiger partial charge in [-0.1, -0.05) is 128 Å². The molecule has 0 bridgehead atoms. The summed E-state index contributed by atoms with van der Waals surface area (Å²) < 4.78 is 40.8. The van der Waals surface area contributed by atoms with Crippen molar-refractivity contribution in [3.05, 3.63) is 137 Å². The van der Waals surface area contributed by atoms with Crippen molar-refractivity contribution < 1.29 is 49.5 Å². The molecule has 0 radical (unpaired) electrons. The van der Waals surface area contributed by atoms with E-state index in [1.54, 1.807) is 0 Å². The molecule has 0 saturated carbocycles. The van der Waals surface area contributed by atoms with Gasteiger partial charge in [-0.15, -0.1) is 4.67 Å². The van der Waals surface area contributed by atoms with Crippen molar-refractivity contribution in [1.82, 2.24) is 4.67 Å². The quantitative estimate of drug-likeness (QED) is 0.0243. The number of hydrogen-bond donors (Lipinski definition) is 0. The molecule has 2 saturated heterocycles. The van der Waals surface area contributed by atoms with Gasteiger partial charge < -0.3 is 28.4 Å². The maximum absolute atomic E-state index is 6.72. The Morgan fingerprint density at radius 2 is 1.03 bits per heavy atom. The van der Waals surface area contributed by atoms with Gasteiger partial charge in [0.15, 0.2) is 0 Å². The van der Waals surface area contributed by atoms with Crippen LogP contribution in [0.15, 0.2) is 97.1 Å². The van der Waals surface area contributed by atoms with Crippen LogP contribution in [0.25, 0.3) is 0 Å². The summed E-state index contributed by atoms with van der Waals surface area (Å²) in [5, 5.41) is 0. The zero-order valence-electron chi connectivity index (χ0n) is 37.0. The first-order valence-corrected chi connectivity index (χ1v) is 21.8. The van der Waals surface area contributed by atoms with Crippen LogP contribution >= 0.6 is 0 Å². The van der Waals surface area contributed by atoms with Crippen LogP contribution in [0.5, 0.6) is 11.5 Å². The molecule has 3 heterocycles. The summed E-state index contributed by atoms with van der Waals surface area (Å²) in [6.45, 7) is 21.8. The smallest absolute Gasteiger partial charge is 0.297 e. The molecule has 3 aliphatic rings. The van der Waals surface area contributed by atoms with Gasteiger partial charge in [0.05, 0.1) is 31.3 Å². The van der Waals surface area contributed by atoms with E-state index in [0.717, 1.165) is 50.4 Å². The van der Waals surface area contributed by atoms with Crippen LogP contribution in [0.2, 0.25) is 0 Å². The fraction of sp³-hybridized carbons (Fsp3) is 0.481. The minimum absolute atomic E-state index is 0. The fourth-order valence-corrected chi connectivity index (χ4v) is 8.58. The standard InChI is InChI=1S/C52H65NO6.Mo/c1-9-51(10-2,42-17-13-38(14-18-42)49(5,6)41-23-27-45(28-24-41)55-33-46-34-56-46)58-32-12-31-54-44-25-21-40(22-26-44)50(7,8)39-15-19-43(20-16-39)52(11-3,59-36-47-35-57-47)37(4)48-29-30-53-48;/h12-28,30,37,46-47H,9-11,29,31-36H2,1-8H3;. The average Bonchev–Trinajstić information content (AvgIpc) is 4.19. The first-order chi connectivity index (χ1) is 28.4. The Morgan fingerprint density at radius 3 is 1.47 bits per heavy atom. The maximum Gasteiger partial charge on any atom is 0.297 e. The van der Waals surface area contributed by atoms with E-state index in [4.69, 9.17) is 28.4 Å². The zero-order valence-corrected chi connectivity index (χ0v) is 39.0. The summed E-state index contributed by atoms with van der Waals surface area (Å²) in [4.78, 5) is 0. The normalized spacial score (nSPS) is 18.7. The summed E-state index contributed by atoms with van der Waals surface area (Å²) in [7, 11) is 0. The van der Waals surface area contributed by atoms with Crippen LogP contribution in [0.4, 0.5) is 0 Å². The third kappa shape index (κ3) is 10.2. The van der Waals surface area contributed by atoms with Gasteiger partial charge in [-0.25, -0.2) is 0 Å². The molecule has 0 aromatic heterocycles. The van der Waals surface area contributed by atoms with Gasteiger partial charge in [0.25, 0.3) is 11.9 Å². The predicted octanol–water partition coefficient (Wildman–Crippen LogP) is 10.1. The molecule has 4 aromatic carbocycles. The molecule has 7 rings (SSSR count).